The van der Waals surface area contributed by atoms with Gasteiger partial charge in [-0.2, -0.15) is 0 Å². The molecule has 44 heavy (non-hydrogen) atoms. The second kappa shape index (κ2) is 13.8. The van der Waals surface area contributed by atoms with Crippen molar-refractivity contribution in [3.05, 3.63) is 69.3 Å². The van der Waals surface area contributed by atoms with Gasteiger partial charge in [-0.15, -0.1) is 22.1 Å². The van der Waals surface area contributed by atoms with E-state index in [9.17, 15) is 19.8 Å². The van der Waals surface area contributed by atoms with Crippen molar-refractivity contribution in [1.29, 1.82) is 0 Å². The molecule has 3 aromatic heterocycles. The van der Waals surface area contributed by atoms with Crippen molar-refractivity contribution >= 4 is 56.3 Å². The van der Waals surface area contributed by atoms with Gasteiger partial charge >= 0.3 is 29.0 Å². The van der Waals surface area contributed by atoms with Crippen LogP contribution < -0.4 is 9.97 Å². The maximum atomic E-state index is 11.5. The van der Waals surface area contributed by atoms with Crippen LogP contribution in [0, 0.1) is 13.8 Å². The number of allylic oxidation sites excluding steroid dienone is 4. The average molecular weight is 639 g/mol. The van der Waals surface area contributed by atoms with Gasteiger partial charge in [-0.1, -0.05) is 60.4 Å². The predicted octanol–water partition coefficient (Wildman–Crippen LogP) is 6.08. The zero-order valence-corrected chi connectivity index (χ0v) is 27.0. The van der Waals surface area contributed by atoms with Crippen LogP contribution >= 0.6 is 0 Å². The van der Waals surface area contributed by atoms with Crippen molar-refractivity contribution in [1.82, 2.24) is 19.9 Å². The number of aliphatic carboxylic acids is 2. The molecule has 0 aliphatic carbocycles. The number of fused-ring (bicyclic) bond motifs is 8. The Balaban J connectivity index is 0.00000264. The zero-order valence-electron chi connectivity index (χ0n) is 25.9. The molecule has 9 nitrogen and oxygen atoms in total. The van der Waals surface area contributed by atoms with Crippen molar-refractivity contribution in [2.24, 2.45) is 0 Å². The minimum atomic E-state index is -0.878. The first-order valence-electron chi connectivity index (χ1n) is 14.5. The molecular weight excluding hydrogens is 600 g/mol. The van der Waals surface area contributed by atoms with Gasteiger partial charge in [0.05, 0.1) is 22.8 Å². The Morgan fingerprint density at radius 2 is 1.07 bits per heavy atom. The molecule has 0 unspecified atom stereocenters. The van der Waals surface area contributed by atoms with Crippen molar-refractivity contribution in [3.63, 3.8) is 0 Å². The van der Waals surface area contributed by atoms with Gasteiger partial charge in [0.1, 0.15) is 0 Å². The number of carboxylic acid groups (broad SMARTS) is 2. The molecule has 5 heterocycles. The number of rotatable bonds is 8. The molecule has 0 spiro atoms. The van der Waals surface area contributed by atoms with E-state index in [4.69, 9.17) is 19.9 Å². The van der Waals surface area contributed by atoms with Gasteiger partial charge in [-0.3, -0.25) is 9.59 Å². The van der Waals surface area contributed by atoms with Gasteiger partial charge in [0.2, 0.25) is 0 Å². The summed E-state index contributed by atoms with van der Waals surface area (Å²) in [5, 5.41) is 18.9. The number of carbonyl (C=O) groups is 2. The van der Waals surface area contributed by atoms with Gasteiger partial charge in [-0.25, -0.2) is 9.97 Å². The van der Waals surface area contributed by atoms with Crippen molar-refractivity contribution in [2.75, 3.05) is 0 Å². The molecular formula is C34H38FeN4O5. The number of nitrogens with zero attached hydrogens (tertiary/aromatic N) is 4. The first kappa shape index (κ1) is 34.5. The fraction of sp³-hybridized carbons (Fsp3) is 0.353. The van der Waals surface area contributed by atoms with Crippen LogP contribution in [0.5, 0.6) is 0 Å². The molecule has 5 rings (SSSR count). The van der Waals surface area contributed by atoms with E-state index < -0.39 is 11.9 Å². The number of hydrogen-bond acceptors (Lipinski definition) is 4. The summed E-state index contributed by atoms with van der Waals surface area (Å²) >= 11 is 0. The average Bonchev–Trinajstić information content (AvgIpc) is 3.59. The Labute approximate surface area is 267 Å². The number of aromatic nitrogens is 4. The summed E-state index contributed by atoms with van der Waals surface area (Å²) in [6.07, 6.45) is 2.23. The normalized spacial score (nSPS) is 12.7. The Morgan fingerprint density at radius 3 is 1.61 bits per heavy atom. The van der Waals surface area contributed by atoms with Crippen LogP contribution in [0.15, 0.2) is 24.3 Å². The molecule has 2 aliphatic rings. The summed E-state index contributed by atoms with van der Waals surface area (Å²) in [5.74, 6) is -1.76. The smallest absolute Gasteiger partial charge is 0.657 e. The van der Waals surface area contributed by atoms with Crippen molar-refractivity contribution in [3.8, 4) is 0 Å². The van der Waals surface area contributed by atoms with E-state index in [-0.39, 0.29) is 35.4 Å². The van der Waals surface area contributed by atoms with Crippen molar-refractivity contribution < 1.29 is 42.3 Å². The van der Waals surface area contributed by atoms with Crippen LogP contribution in [0.3, 0.4) is 0 Å². The maximum absolute atomic E-state index is 11.5. The Morgan fingerprint density at radius 1 is 0.636 bits per heavy atom. The van der Waals surface area contributed by atoms with E-state index >= 15 is 0 Å². The zero-order chi connectivity index (χ0) is 30.3. The van der Waals surface area contributed by atoms with Gasteiger partial charge in [0, 0.05) is 12.8 Å². The molecule has 8 bridgehead atoms. The quantitative estimate of drug-likeness (QED) is 0.281. The molecule has 0 fully saturated rings. The minimum absolute atomic E-state index is 0. The van der Waals surface area contributed by atoms with Crippen LogP contribution in [0.1, 0.15) is 98.4 Å². The van der Waals surface area contributed by atoms with Crippen LogP contribution in [0.25, 0.3) is 44.4 Å². The standard InChI is InChI=1S/C34H38N4O4.Fe.H2O/c1-7-21-17(3)25-13-26-19(5)23(9-11-33(39)40)31(37-26)16-32-24(10-12-34(41)42)20(6)28(38-32)15-30-22(8-2)18(4)27(36-30)14-29(21)35-25;;/h13-16H,7-12H2,1-6H3,(H4,35,36,37,38,39,40,41,42);;1H2/q;+2;/p-2. The maximum Gasteiger partial charge on any atom is 2.00 e. The number of carboxylic acids is 2. The number of hydrogen-bond donors (Lipinski definition) is 2. The van der Waals surface area contributed by atoms with Gasteiger partial charge < -0.3 is 25.7 Å². The summed E-state index contributed by atoms with van der Waals surface area (Å²) in [5.41, 5.74) is 14.3. The van der Waals surface area contributed by atoms with Gasteiger partial charge in [0.25, 0.3) is 0 Å². The molecule has 232 valence electrons. The van der Waals surface area contributed by atoms with Crippen LogP contribution in [-0.4, -0.2) is 37.6 Å². The summed E-state index contributed by atoms with van der Waals surface area (Å²) in [7, 11) is 0. The molecule has 0 aromatic carbocycles. The fourth-order valence-electron chi connectivity index (χ4n) is 6.06. The summed E-state index contributed by atoms with van der Waals surface area (Å²) in [6, 6.07) is 7.93. The first-order chi connectivity index (χ1) is 20.0. The second-order valence-electron chi connectivity index (χ2n) is 11.0. The van der Waals surface area contributed by atoms with E-state index in [1.54, 1.807) is 0 Å². The SMILES string of the molecule is CCC1=C(C)c2cc3[n-]c(cc4nc(cc5[n-]c(cc1n2)c(C)c5CC)C(C)=C4CCC(=O)O)c(CCC(=O)O)c3C.O.[Fe+2]. The van der Waals surface area contributed by atoms with Crippen molar-refractivity contribution in [2.45, 2.75) is 80.1 Å². The fourth-order valence-corrected chi connectivity index (χ4v) is 6.06. The largest absolute Gasteiger partial charge is 2.00 e. The van der Waals surface area contributed by atoms with Gasteiger partial charge in [0.15, 0.2) is 0 Å². The molecule has 10 heteroatoms. The molecule has 0 saturated heterocycles. The first-order valence-corrected chi connectivity index (χ1v) is 14.5. The van der Waals surface area contributed by atoms with E-state index in [1.165, 1.54) is 5.57 Å². The topological polar surface area (TPSA) is 160 Å². The third-order valence-electron chi connectivity index (χ3n) is 8.53. The molecule has 0 amide bonds. The van der Waals surface area contributed by atoms with Gasteiger partial charge in [-0.05, 0) is 75.7 Å². The van der Waals surface area contributed by atoms with Crippen LogP contribution in [-0.2, 0) is 39.5 Å². The molecule has 0 atom stereocenters. The molecule has 0 radical (unpaired) electrons. The Hall–Kier alpha value is -3.98. The third-order valence-corrected chi connectivity index (χ3v) is 8.53. The van der Waals surface area contributed by atoms with E-state index in [0.717, 1.165) is 85.4 Å². The predicted molar refractivity (Wildman–Crippen MR) is 169 cm³/mol. The molecule has 4 N–H and O–H groups in total. The summed E-state index contributed by atoms with van der Waals surface area (Å²) < 4.78 is 0. The van der Waals surface area contributed by atoms with E-state index in [0.29, 0.717) is 24.1 Å². The minimum Gasteiger partial charge on any atom is -0.657 e. The van der Waals surface area contributed by atoms with Crippen LogP contribution in [0.2, 0.25) is 0 Å². The van der Waals surface area contributed by atoms with Crippen LogP contribution in [0.4, 0.5) is 0 Å². The Bertz CT molecular complexity index is 1860. The summed E-state index contributed by atoms with van der Waals surface area (Å²) in [6.45, 7) is 12.3. The monoisotopic (exact) mass is 638 g/mol. The second-order valence-corrected chi connectivity index (χ2v) is 11.0. The van der Waals surface area contributed by atoms with E-state index in [1.807, 2.05) is 32.0 Å². The van der Waals surface area contributed by atoms with E-state index in [2.05, 4.69) is 33.8 Å². The molecule has 2 aliphatic heterocycles. The molecule has 0 saturated carbocycles. The summed E-state index contributed by atoms with van der Waals surface area (Å²) in [4.78, 5) is 43.1. The number of aryl methyl sites for hydroxylation is 4. The molecule has 3 aromatic rings. The Kier molecular flexibility index (Phi) is 10.8. The third kappa shape index (κ3) is 6.43.